The number of esters is 2. The fourth-order valence-corrected chi connectivity index (χ4v) is 9.46. The molecule has 0 amide bonds. The second-order valence-electron chi connectivity index (χ2n) is 12.6. The van der Waals surface area contributed by atoms with Gasteiger partial charge in [0.2, 0.25) is 0 Å². The first-order valence-electron chi connectivity index (χ1n) is 13.6. The first kappa shape index (κ1) is 27.7. The molecule has 1 aromatic rings. The fraction of sp³-hybridized carbons (Fsp3) is 0.581. The molecule has 0 saturated heterocycles. The van der Waals surface area contributed by atoms with Gasteiger partial charge in [0.25, 0.3) is 0 Å². The quantitative estimate of drug-likeness (QED) is 0.303. The van der Waals surface area contributed by atoms with E-state index < -0.39 is 69.5 Å². The van der Waals surface area contributed by atoms with E-state index in [1.807, 2.05) is 30.3 Å². The molecular formula is C31H38O8. The maximum atomic E-state index is 13.5. The highest BCUT2D eigenvalue weighted by Gasteiger charge is 2.94. The van der Waals surface area contributed by atoms with Crippen molar-refractivity contribution in [3.63, 3.8) is 0 Å². The summed E-state index contributed by atoms with van der Waals surface area (Å²) in [4.78, 5) is 38.9. The minimum atomic E-state index is -1.89. The molecule has 39 heavy (non-hydrogen) atoms. The summed E-state index contributed by atoms with van der Waals surface area (Å²) < 4.78 is 11.7. The summed E-state index contributed by atoms with van der Waals surface area (Å²) in [5.41, 5.74) is -6.02. The Morgan fingerprint density at radius 3 is 2.36 bits per heavy atom. The van der Waals surface area contributed by atoms with Gasteiger partial charge < -0.3 is 24.8 Å². The average molecular weight is 539 g/mol. The van der Waals surface area contributed by atoms with Crippen LogP contribution in [0.25, 0.3) is 6.08 Å². The van der Waals surface area contributed by atoms with Gasteiger partial charge in [0, 0.05) is 47.0 Å². The van der Waals surface area contributed by atoms with E-state index in [4.69, 9.17) is 9.47 Å². The van der Waals surface area contributed by atoms with Crippen LogP contribution in [0.2, 0.25) is 0 Å². The zero-order valence-electron chi connectivity index (χ0n) is 23.1. The summed E-state index contributed by atoms with van der Waals surface area (Å²) >= 11 is 0. The molecular weight excluding hydrogens is 500 g/mol. The lowest BCUT2D eigenvalue weighted by molar-refractivity contribution is -0.213. The highest BCUT2D eigenvalue weighted by molar-refractivity contribution is 5.88. The zero-order valence-corrected chi connectivity index (χ0v) is 23.1. The first-order chi connectivity index (χ1) is 18.1. The number of hydrogen-bond acceptors (Lipinski definition) is 8. The third-order valence-corrected chi connectivity index (χ3v) is 11.1. The third-order valence-electron chi connectivity index (χ3n) is 11.1. The normalized spacial score (nSPS) is 44.2. The summed E-state index contributed by atoms with van der Waals surface area (Å²) in [6.45, 7) is 12.6. The highest BCUT2D eigenvalue weighted by atomic mass is 16.6. The van der Waals surface area contributed by atoms with Gasteiger partial charge in [0.1, 0.15) is 23.6 Å². The van der Waals surface area contributed by atoms with Crippen LogP contribution in [0.3, 0.4) is 0 Å². The predicted molar refractivity (Wildman–Crippen MR) is 142 cm³/mol. The molecule has 8 heteroatoms. The molecule has 5 rings (SSSR count). The highest BCUT2D eigenvalue weighted by Crippen LogP contribution is 2.86. The van der Waals surface area contributed by atoms with Gasteiger partial charge in [-0.3, -0.25) is 9.59 Å². The van der Waals surface area contributed by atoms with Gasteiger partial charge in [-0.05, 0) is 30.1 Å². The average Bonchev–Trinajstić information content (AvgIpc) is 3.09. The van der Waals surface area contributed by atoms with Gasteiger partial charge in [-0.1, -0.05) is 64.6 Å². The summed E-state index contributed by atoms with van der Waals surface area (Å²) in [5, 5.41) is 36.2. The topological polar surface area (TPSA) is 130 Å². The van der Waals surface area contributed by atoms with E-state index in [1.54, 1.807) is 33.8 Å². The Hall–Kier alpha value is -2.81. The molecule has 4 aliphatic rings. The predicted octanol–water partition coefficient (Wildman–Crippen LogP) is 2.99. The number of benzene rings is 1. The van der Waals surface area contributed by atoms with Crippen molar-refractivity contribution in [2.75, 3.05) is 0 Å². The van der Waals surface area contributed by atoms with E-state index in [9.17, 15) is 29.7 Å². The molecule has 0 aromatic heterocycles. The second-order valence-corrected chi connectivity index (χ2v) is 12.6. The van der Waals surface area contributed by atoms with E-state index in [0.29, 0.717) is 12.0 Å². The van der Waals surface area contributed by atoms with Crippen LogP contribution in [-0.2, 0) is 23.9 Å². The van der Waals surface area contributed by atoms with Crippen molar-refractivity contribution in [3.8, 4) is 0 Å². The third kappa shape index (κ3) is 3.03. The summed E-state index contributed by atoms with van der Waals surface area (Å²) in [6.07, 6.45) is -1.62. The number of aliphatic hydroxyl groups is 3. The number of ether oxygens (including phenoxy) is 2. The molecule has 4 unspecified atom stereocenters. The lowest BCUT2D eigenvalue weighted by Gasteiger charge is -2.60. The smallest absolute Gasteiger partial charge is 0.331 e. The van der Waals surface area contributed by atoms with Crippen LogP contribution in [-0.4, -0.2) is 63.1 Å². The van der Waals surface area contributed by atoms with Gasteiger partial charge in [0.15, 0.2) is 0 Å². The summed E-state index contributed by atoms with van der Waals surface area (Å²) in [7, 11) is 0. The Morgan fingerprint density at radius 2 is 1.74 bits per heavy atom. The molecule has 210 valence electrons. The van der Waals surface area contributed by atoms with Gasteiger partial charge in [-0.15, -0.1) is 0 Å². The second kappa shape index (κ2) is 8.59. The van der Waals surface area contributed by atoms with Crippen molar-refractivity contribution in [1.82, 2.24) is 0 Å². The van der Waals surface area contributed by atoms with Crippen LogP contribution in [0.5, 0.6) is 0 Å². The Kier molecular flexibility index (Phi) is 6.11. The van der Waals surface area contributed by atoms with Crippen LogP contribution in [0, 0.1) is 27.6 Å². The van der Waals surface area contributed by atoms with Gasteiger partial charge in [0.05, 0.1) is 12.2 Å². The first-order valence-corrected chi connectivity index (χ1v) is 13.6. The maximum absolute atomic E-state index is 13.5. The minimum absolute atomic E-state index is 0.275. The van der Waals surface area contributed by atoms with Crippen LogP contribution >= 0.6 is 0 Å². The molecule has 8 nitrogen and oxygen atoms in total. The molecule has 2 bridgehead atoms. The van der Waals surface area contributed by atoms with Crippen LogP contribution in [0.4, 0.5) is 0 Å². The number of hydrogen-bond donors (Lipinski definition) is 3. The van der Waals surface area contributed by atoms with Gasteiger partial charge in [-0.25, -0.2) is 4.79 Å². The van der Waals surface area contributed by atoms with Gasteiger partial charge in [-0.2, -0.15) is 0 Å². The standard InChI is InChI=1S/C31H38O8/c1-17-21(33)16-29(37)26(36)31-18(2)22(39-23(34)13-12-20-10-8-7-9-11-20)14-15-28(31,6)24(35)25(38-19(3)32)30(17,31)27(29,4)5/h7-13,17,22,24-26,35-37H,2,14-16H2,1,3-6H3/b13-12+/t17?,22-,24-,25-,26?,28-,29+,30?,31?/m0/s1. The van der Waals surface area contributed by atoms with Crippen molar-refractivity contribution in [2.45, 2.75) is 83.9 Å². The lowest BCUT2D eigenvalue weighted by atomic mass is 9.42. The largest absolute Gasteiger partial charge is 0.459 e. The Balaban J connectivity index is 1.66. The van der Waals surface area contributed by atoms with Gasteiger partial charge >= 0.3 is 11.9 Å². The van der Waals surface area contributed by atoms with Crippen LogP contribution in [0.1, 0.15) is 59.4 Å². The molecule has 3 N–H and O–H groups in total. The monoisotopic (exact) mass is 538 g/mol. The Labute approximate surface area is 228 Å². The van der Waals surface area contributed by atoms with E-state index >= 15 is 0 Å². The molecule has 2 spiro atoms. The fourth-order valence-electron chi connectivity index (χ4n) is 9.46. The number of carbonyl (C=O) groups is 3. The van der Waals surface area contributed by atoms with Crippen molar-refractivity contribution in [1.29, 1.82) is 0 Å². The molecule has 0 radical (unpaired) electrons. The van der Waals surface area contributed by atoms with Crippen molar-refractivity contribution in [2.24, 2.45) is 27.6 Å². The Morgan fingerprint density at radius 1 is 1.10 bits per heavy atom. The number of aliphatic hydroxyl groups excluding tert-OH is 2. The van der Waals surface area contributed by atoms with E-state index in [2.05, 4.69) is 6.58 Å². The molecule has 1 aromatic carbocycles. The number of rotatable bonds is 4. The molecule has 0 heterocycles. The maximum Gasteiger partial charge on any atom is 0.331 e. The molecule has 4 aliphatic carbocycles. The molecule has 4 saturated carbocycles. The molecule has 9 atom stereocenters. The number of Topliss-reactive ketones (excluding diaryl/α,β-unsaturated/α-hetero) is 1. The van der Waals surface area contributed by atoms with Crippen molar-refractivity contribution < 1.29 is 39.2 Å². The summed E-state index contributed by atoms with van der Waals surface area (Å²) in [6, 6.07) is 9.28. The minimum Gasteiger partial charge on any atom is -0.459 e. The van der Waals surface area contributed by atoms with Crippen molar-refractivity contribution >= 4 is 23.8 Å². The van der Waals surface area contributed by atoms with Crippen LogP contribution in [0.15, 0.2) is 48.6 Å². The van der Waals surface area contributed by atoms with E-state index in [-0.39, 0.29) is 18.6 Å². The van der Waals surface area contributed by atoms with E-state index in [0.717, 1.165) is 5.56 Å². The lowest BCUT2D eigenvalue weighted by Crippen LogP contribution is -2.65. The number of carbonyl (C=O) groups excluding carboxylic acids is 3. The number of fused-ring (bicyclic) bond motifs is 1. The molecule has 4 fully saturated rings. The zero-order chi connectivity index (χ0) is 28.8. The van der Waals surface area contributed by atoms with Crippen molar-refractivity contribution in [3.05, 3.63) is 54.1 Å². The summed E-state index contributed by atoms with van der Waals surface area (Å²) in [5.74, 6) is -2.35. The SMILES string of the molecule is C=C1[C@@H](OC(=O)/C=C/c2ccccc2)CC[C@@]2(C)[C@@H](O)[C@H](OC(C)=O)C34C(C)C(=O)C[C@@](O)(C(O)C132)C4(C)C. The molecule has 0 aliphatic heterocycles. The van der Waals surface area contributed by atoms with Crippen LogP contribution < -0.4 is 0 Å². The number of ketones is 1. The van der Waals surface area contributed by atoms with E-state index in [1.165, 1.54) is 13.0 Å². The Bertz CT molecular complexity index is 1270.